The number of fused-ring (bicyclic) bond motifs is 3. The van der Waals surface area contributed by atoms with E-state index in [0.29, 0.717) is 64.1 Å². The van der Waals surface area contributed by atoms with Crippen LogP contribution in [-0.2, 0) is 19.6 Å². The number of aromatic nitrogens is 12. The molecule has 3 aromatic carbocycles. The van der Waals surface area contributed by atoms with Crippen molar-refractivity contribution in [1.82, 2.24) is 59.2 Å². The van der Waals surface area contributed by atoms with Crippen molar-refractivity contribution in [2.75, 3.05) is 0 Å². The molecule has 0 radical (unpaired) electrons. The highest BCUT2D eigenvalue weighted by molar-refractivity contribution is 5.92. The van der Waals surface area contributed by atoms with Crippen LogP contribution in [0.4, 0.5) is 13.2 Å². The van der Waals surface area contributed by atoms with E-state index in [4.69, 9.17) is 35.1 Å². The summed E-state index contributed by atoms with van der Waals surface area (Å²) in [5.74, 6) is 0.201. The molecule has 8 atom stereocenters. The second-order valence-electron chi connectivity index (χ2n) is 24.7. The fraction of sp³-hybridized carbons (Fsp3) is 0.292. The van der Waals surface area contributed by atoms with E-state index in [1.54, 1.807) is 0 Å². The lowest BCUT2D eigenvalue weighted by molar-refractivity contribution is 0.320. The minimum Gasteiger partial charge on any atom is -0.272 e. The maximum atomic E-state index is 15.8. The Kier molecular flexibility index (Phi) is 14.1. The van der Waals surface area contributed by atoms with E-state index in [2.05, 4.69) is 113 Å². The third kappa shape index (κ3) is 10.8. The zero-order chi connectivity index (χ0) is 58.9. The average molecular weight is 1160 g/mol. The SMILES string of the molecule is Cc1ccc(-c2cnn(C[C@H]3C[C@H](F)CC3c3ccnc4cc(-c5nc(C)ccc5-c5cnn(C[C@H]6C[C@@H](F)CC6c6ccnc7cc(-c8nc(C)ccc8-c8cnn(C[C@H]9CC[C@@H](F)C9)c8)ccc67)c5)ccc34)c2)c(-c2ccc3cccnc3c2)n1. The Morgan fingerprint density at radius 3 is 1.33 bits per heavy atom. The van der Waals surface area contributed by atoms with Crippen LogP contribution < -0.4 is 0 Å². The van der Waals surface area contributed by atoms with Gasteiger partial charge in [0.1, 0.15) is 18.5 Å². The molecule has 0 aliphatic heterocycles. The zero-order valence-electron chi connectivity index (χ0n) is 48.9. The van der Waals surface area contributed by atoms with E-state index >= 15 is 8.78 Å². The molecule has 0 spiro atoms. The van der Waals surface area contributed by atoms with Gasteiger partial charge in [0.25, 0.3) is 0 Å². The van der Waals surface area contributed by atoms with Crippen LogP contribution in [0.2, 0.25) is 0 Å². The van der Waals surface area contributed by atoms with E-state index in [1.165, 1.54) is 0 Å². The van der Waals surface area contributed by atoms with Gasteiger partial charge in [-0.15, -0.1) is 0 Å². The van der Waals surface area contributed by atoms with Gasteiger partial charge in [-0.05, 0) is 161 Å². The second kappa shape index (κ2) is 22.6. The number of halogens is 3. The first-order valence-electron chi connectivity index (χ1n) is 30.5. The fourth-order valence-electron chi connectivity index (χ4n) is 14.5. The summed E-state index contributed by atoms with van der Waals surface area (Å²) >= 11 is 0. The van der Waals surface area contributed by atoms with Crippen LogP contribution >= 0.6 is 0 Å². The molecular weight excluding hydrogens is 1090 g/mol. The maximum Gasteiger partial charge on any atom is 0.101 e. The number of nitrogens with zero attached hydrogens (tertiary/aromatic N) is 12. The molecule has 3 fully saturated rings. The lowest BCUT2D eigenvalue weighted by Crippen LogP contribution is -2.15. The van der Waals surface area contributed by atoms with Crippen LogP contribution in [0.1, 0.15) is 85.0 Å². The molecule has 87 heavy (non-hydrogen) atoms. The minimum atomic E-state index is -0.945. The summed E-state index contributed by atoms with van der Waals surface area (Å²) in [7, 11) is 0. The van der Waals surface area contributed by atoms with Crippen LogP contribution in [0.25, 0.3) is 99.9 Å². The summed E-state index contributed by atoms with van der Waals surface area (Å²) in [5.41, 5.74) is 18.5. The summed E-state index contributed by atoms with van der Waals surface area (Å²) in [4.78, 5) is 29.5. The topological polar surface area (TPSA) is 131 Å². The summed E-state index contributed by atoms with van der Waals surface area (Å²) in [6.45, 7) is 7.81. The first kappa shape index (κ1) is 54.4. The van der Waals surface area contributed by atoms with Gasteiger partial charge in [0, 0.05) is 140 Å². The lowest BCUT2D eigenvalue weighted by atomic mass is 9.86. The molecule has 3 aliphatic carbocycles. The van der Waals surface area contributed by atoms with Crippen LogP contribution in [-0.4, -0.2) is 77.8 Å². The van der Waals surface area contributed by atoms with Gasteiger partial charge in [0.05, 0.1) is 52.2 Å². The molecule has 15 heteroatoms. The van der Waals surface area contributed by atoms with Crippen molar-refractivity contribution >= 4 is 32.7 Å². The van der Waals surface area contributed by atoms with E-state index in [0.717, 1.165) is 134 Å². The Labute approximate surface area is 502 Å². The summed E-state index contributed by atoms with van der Waals surface area (Å²) in [6, 6.07) is 39.4. The van der Waals surface area contributed by atoms with Crippen molar-refractivity contribution in [3.63, 3.8) is 0 Å². The summed E-state index contributed by atoms with van der Waals surface area (Å²) < 4.78 is 51.4. The van der Waals surface area contributed by atoms with Crippen LogP contribution in [0.15, 0.2) is 171 Å². The Hall–Kier alpha value is -9.24. The number of hydrogen-bond acceptors (Lipinski definition) is 9. The molecule has 0 N–H and O–H groups in total. The minimum absolute atomic E-state index is 0.00988. The van der Waals surface area contributed by atoms with E-state index in [1.807, 2.05) is 102 Å². The number of benzene rings is 3. The molecule has 0 bridgehead atoms. The normalized spacial score (nSPS) is 21.3. The van der Waals surface area contributed by atoms with Gasteiger partial charge in [-0.2, -0.15) is 15.3 Å². The maximum absolute atomic E-state index is 15.8. The highest BCUT2D eigenvalue weighted by Gasteiger charge is 2.38. The van der Waals surface area contributed by atoms with Gasteiger partial charge in [-0.3, -0.25) is 43.9 Å². The van der Waals surface area contributed by atoms with Crippen molar-refractivity contribution in [1.29, 1.82) is 0 Å². The lowest BCUT2D eigenvalue weighted by Gasteiger charge is -2.21. The second-order valence-corrected chi connectivity index (χ2v) is 24.7. The summed E-state index contributed by atoms with van der Waals surface area (Å²) in [6.07, 6.45) is 18.6. The Morgan fingerprint density at radius 2 is 0.862 bits per heavy atom. The molecule has 434 valence electrons. The molecule has 9 aromatic heterocycles. The Bertz CT molecular complexity index is 4570. The monoisotopic (exact) mass is 1150 g/mol. The molecule has 0 amide bonds. The first-order valence-corrected chi connectivity index (χ1v) is 30.5. The number of hydrogen-bond donors (Lipinski definition) is 0. The standard InChI is InChI=1S/C72H65F3N12/c1-42-7-16-59(70(82-42)47-11-10-46-5-4-22-76-67(46)28-47)53-34-80-86(40-53)37-50-26-56(74)31-65(50)62-21-24-78-69-30-49(13-19-64(62)69)72-60(17-8-44(3)84-72)54-35-81-87(41-54)38-51-27-57(75)32-66(51)61-20-23-77-68-29-48(12-18-63(61)68)71-58(15-6-43(2)83-71)52-33-79-85(39-52)36-45-9-14-55(73)25-45/h4-8,10-13,15-24,28-30,33-35,39-41,45,50-51,55-57,65-66H,9,14,25-27,31-32,36-38H2,1-3H3/t45-,50+,51+,55+,56-,57+,65?,66?/m0/s1. The van der Waals surface area contributed by atoms with Crippen LogP contribution in [0.5, 0.6) is 0 Å². The van der Waals surface area contributed by atoms with Crippen LogP contribution in [0, 0.1) is 38.5 Å². The average Bonchev–Trinajstić information content (AvgIpc) is 4.49. The molecule has 2 unspecified atom stereocenters. The van der Waals surface area contributed by atoms with Gasteiger partial charge in [-0.1, -0.05) is 60.7 Å². The van der Waals surface area contributed by atoms with Crippen molar-refractivity contribution in [2.24, 2.45) is 17.8 Å². The van der Waals surface area contributed by atoms with Crippen molar-refractivity contribution in [2.45, 2.75) is 116 Å². The Balaban J connectivity index is 0.663. The molecule has 9 heterocycles. The highest BCUT2D eigenvalue weighted by atomic mass is 19.1. The molecular formula is C72H65F3N12. The van der Waals surface area contributed by atoms with Crippen LogP contribution in [0.3, 0.4) is 0 Å². The number of aryl methyl sites for hydroxylation is 3. The molecule has 12 nitrogen and oxygen atoms in total. The molecule has 0 saturated heterocycles. The van der Waals surface area contributed by atoms with Gasteiger partial charge >= 0.3 is 0 Å². The largest absolute Gasteiger partial charge is 0.272 e. The molecule has 15 rings (SSSR count). The smallest absolute Gasteiger partial charge is 0.101 e. The third-order valence-electron chi connectivity index (χ3n) is 18.8. The first-order chi connectivity index (χ1) is 42.5. The van der Waals surface area contributed by atoms with Crippen molar-refractivity contribution in [3.8, 4) is 67.2 Å². The van der Waals surface area contributed by atoms with Gasteiger partial charge < -0.3 is 0 Å². The molecule has 3 saturated carbocycles. The van der Waals surface area contributed by atoms with Gasteiger partial charge in [0.15, 0.2) is 0 Å². The third-order valence-corrected chi connectivity index (χ3v) is 18.8. The van der Waals surface area contributed by atoms with E-state index in [9.17, 15) is 4.39 Å². The number of rotatable bonds is 14. The van der Waals surface area contributed by atoms with Crippen molar-refractivity contribution in [3.05, 3.63) is 199 Å². The van der Waals surface area contributed by atoms with Gasteiger partial charge in [-0.25, -0.2) is 13.2 Å². The highest BCUT2D eigenvalue weighted by Crippen LogP contribution is 2.47. The molecule has 12 aromatic rings. The quantitative estimate of drug-likeness (QED) is 0.104. The zero-order valence-corrected chi connectivity index (χ0v) is 48.9. The van der Waals surface area contributed by atoms with Gasteiger partial charge in [0.2, 0.25) is 0 Å². The van der Waals surface area contributed by atoms with E-state index in [-0.39, 0.29) is 23.7 Å². The fourth-order valence-corrected chi connectivity index (χ4v) is 14.5. The number of alkyl halides is 3. The number of pyridine rings is 6. The van der Waals surface area contributed by atoms with Crippen molar-refractivity contribution < 1.29 is 13.2 Å². The Morgan fingerprint density at radius 1 is 0.414 bits per heavy atom. The summed E-state index contributed by atoms with van der Waals surface area (Å²) in [5, 5.41) is 17.5. The predicted molar refractivity (Wildman–Crippen MR) is 336 cm³/mol. The molecule has 3 aliphatic rings. The predicted octanol–water partition coefficient (Wildman–Crippen LogP) is 16.2. The van der Waals surface area contributed by atoms with E-state index < -0.39 is 18.5 Å².